The SMILES string of the molecule is CCOc1ccc(-c2nc(CSc3nncn3-c3ccc(C)c(Cl)c3)cs2)cc1OC. The molecule has 6 nitrogen and oxygen atoms in total. The number of aryl methyl sites for hydroxylation is 1. The summed E-state index contributed by atoms with van der Waals surface area (Å²) >= 11 is 9.46. The van der Waals surface area contributed by atoms with Crippen LogP contribution in [0.5, 0.6) is 11.5 Å². The van der Waals surface area contributed by atoms with Crippen LogP contribution >= 0.6 is 34.7 Å². The van der Waals surface area contributed by atoms with Crippen molar-refractivity contribution in [2.24, 2.45) is 0 Å². The summed E-state index contributed by atoms with van der Waals surface area (Å²) in [5.41, 5.74) is 3.95. The Balaban J connectivity index is 1.49. The van der Waals surface area contributed by atoms with Gasteiger partial charge in [0.25, 0.3) is 0 Å². The van der Waals surface area contributed by atoms with Crippen LogP contribution in [0, 0.1) is 6.92 Å². The zero-order chi connectivity index (χ0) is 21.8. The van der Waals surface area contributed by atoms with Gasteiger partial charge in [0, 0.05) is 21.7 Å². The van der Waals surface area contributed by atoms with Crippen LogP contribution in [0.4, 0.5) is 0 Å². The number of rotatable bonds is 8. The maximum atomic E-state index is 6.28. The standard InChI is InChI=1S/C22H21ClN4O2S2/c1-4-29-19-8-6-15(9-20(19)28-3)21-25-16(11-30-21)12-31-22-26-24-13-27(22)17-7-5-14(2)18(23)10-17/h5-11,13H,4,12H2,1-3H3. The summed E-state index contributed by atoms with van der Waals surface area (Å²) < 4.78 is 13.0. The Labute approximate surface area is 194 Å². The smallest absolute Gasteiger partial charge is 0.195 e. The molecule has 31 heavy (non-hydrogen) atoms. The highest BCUT2D eigenvalue weighted by atomic mass is 35.5. The quantitative estimate of drug-likeness (QED) is 0.291. The minimum atomic E-state index is 0.591. The third kappa shape index (κ3) is 4.87. The Hall–Kier alpha value is -2.55. The first-order chi connectivity index (χ1) is 15.1. The summed E-state index contributed by atoms with van der Waals surface area (Å²) in [6.45, 7) is 4.52. The highest BCUT2D eigenvalue weighted by Gasteiger charge is 2.13. The molecule has 0 aliphatic heterocycles. The second-order valence-electron chi connectivity index (χ2n) is 6.65. The number of nitrogens with zero attached hydrogens (tertiary/aromatic N) is 4. The third-order valence-corrected chi connectivity index (χ3v) is 6.89. The summed E-state index contributed by atoms with van der Waals surface area (Å²) in [6.07, 6.45) is 1.70. The van der Waals surface area contributed by atoms with E-state index in [2.05, 4.69) is 15.6 Å². The number of benzene rings is 2. The van der Waals surface area contributed by atoms with Crippen LogP contribution in [0.2, 0.25) is 5.02 Å². The minimum absolute atomic E-state index is 0.591. The van der Waals surface area contributed by atoms with Gasteiger partial charge in [-0.1, -0.05) is 29.4 Å². The summed E-state index contributed by atoms with van der Waals surface area (Å²) in [5.74, 6) is 2.12. The molecule has 160 valence electrons. The number of thiazole rings is 1. The van der Waals surface area contributed by atoms with Crippen molar-refractivity contribution in [1.29, 1.82) is 0 Å². The van der Waals surface area contributed by atoms with Crippen molar-refractivity contribution >= 4 is 34.7 Å². The Kier molecular flexibility index (Phi) is 6.80. The first kappa shape index (κ1) is 21.7. The van der Waals surface area contributed by atoms with Gasteiger partial charge in [0.15, 0.2) is 16.7 Å². The molecule has 0 saturated heterocycles. The maximum Gasteiger partial charge on any atom is 0.195 e. The van der Waals surface area contributed by atoms with Crippen molar-refractivity contribution in [1.82, 2.24) is 19.7 Å². The lowest BCUT2D eigenvalue weighted by Crippen LogP contribution is -1.96. The second-order valence-corrected chi connectivity index (χ2v) is 8.86. The van der Waals surface area contributed by atoms with Gasteiger partial charge in [-0.05, 0) is 49.7 Å². The number of aromatic nitrogens is 4. The van der Waals surface area contributed by atoms with Gasteiger partial charge in [-0.25, -0.2) is 4.98 Å². The number of halogens is 1. The molecular weight excluding hydrogens is 452 g/mol. The average Bonchev–Trinajstić information content (AvgIpc) is 3.44. The first-order valence-electron chi connectivity index (χ1n) is 9.64. The van der Waals surface area contributed by atoms with E-state index in [0.717, 1.165) is 43.4 Å². The highest BCUT2D eigenvalue weighted by Crippen LogP contribution is 2.34. The summed E-state index contributed by atoms with van der Waals surface area (Å²) in [4.78, 5) is 4.78. The monoisotopic (exact) mass is 472 g/mol. The van der Waals surface area contributed by atoms with Crippen molar-refractivity contribution < 1.29 is 9.47 Å². The molecule has 0 unspecified atom stereocenters. The lowest BCUT2D eigenvalue weighted by atomic mass is 10.2. The van der Waals surface area contributed by atoms with Gasteiger partial charge >= 0.3 is 0 Å². The molecule has 2 aromatic carbocycles. The van der Waals surface area contributed by atoms with Gasteiger partial charge in [-0.15, -0.1) is 21.5 Å². The van der Waals surface area contributed by atoms with Gasteiger partial charge in [-0.3, -0.25) is 4.57 Å². The van der Waals surface area contributed by atoms with Crippen LogP contribution in [0.25, 0.3) is 16.3 Å². The van der Waals surface area contributed by atoms with Crippen molar-refractivity contribution in [2.75, 3.05) is 13.7 Å². The Morgan fingerprint density at radius 3 is 2.81 bits per heavy atom. The van der Waals surface area contributed by atoms with E-state index in [0.29, 0.717) is 18.1 Å². The molecule has 2 heterocycles. The number of hydrogen-bond acceptors (Lipinski definition) is 7. The first-order valence-corrected chi connectivity index (χ1v) is 11.9. The summed E-state index contributed by atoms with van der Waals surface area (Å²) in [7, 11) is 1.64. The lowest BCUT2D eigenvalue weighted by molar-refractivity contribution is 0.311. The van der Waals surface area contributed by atoms with E-state index < -0.39 is 0 Å². The number of ether oxygens (including phenoxy) is 2. The van der Waals surface area contributed by atoms with E-state index in [-0.39, 0.29) is 0 Å². The molecule has 4 aromatic rings. The molecular formula is C22H21ClN4O2S2. The largest absolute Gasteiger partial charge is 0.493 e. The van der Waals surface area contributed by atoms with E-state index in [1.807, 2.05) is 54.8 Å². The zero-order valence-electron chi connectivity index (χ0n) is 17.3. The van der Waals surface area contributed by atoms with E-state index in [1.54, 1.807) is 36.5 Å². The molecule has 0 N–H and O–H groups in total. The van der Waals surface area contributed by atoms with Crippen LogP contribution in [0.1, 0.15) is 18.2 Å². The number of hydrogen-bond donors (Lipinski definition) is 0. The molecule has 9 heteroatoms. The van der Waals surface area contributed by atoms with Crippen LogP contribution in [0.15, 0.2) is 53.3 Å². The number of thioether (sulfide) groups is 1. The second kappa shape index (κ2) is 9.72. The van der Waals surface area contributed by atoms with Crippen molar-refractivity contribution in [3.63, 3.8) is 0 Å². The van der Waals surface area contributed by atoms with Crippen LogP contribution in [-0.2, 0) is 5.75 Å². The number of methoxy groups -OCH3 is 1. The zero-order valence-corrected chi connectivity index (χ0v) is 19.7. The molecule has 2 aromatic heterocycles. The predicted molar refractivity (Wildman–Crippen MR) is 126 cm³/mol. The van der Waals surface area contributed by atoms with Gasteiger partial charge < -0.3 is 9.47 Å². The maximum absolute atomic E-state index is 6.28. The van der Waals surface area contributed by atoms with Crippen molar-refractivity contribution in [2.45, 2.75) is 24.8 Å². The fourth-order valence-electron chi connectivity index (χ4n) is 2.95. The average molecular weight is 473 g/mol. The third-order valence-electron chi connectivity index (χ3n) is 4.56. The molecule has 0 aliphatic carbocycles. The van der Waals surface area contributed by atoms with Crippen molar-refractivity contribution in [3.05, 3.63) is 64.4 Å². The van der Waals surface area contributed by atoms with Crippen LogP contribution < -0.4 is 9.47 Å². The van der Waals surface area contributed by atoms with Crippen molar-refractivity contribution in [3.8, 4) is 27.8 Å². The normalized spacial score (nSPS) is 11.0. The molecule has 0 saturated carbocycles. The van der Waals surface area contributed by atoms with E-state index in [9.17, 15) is 0 Å². The fourth-order valence-corrected chi connectivity index (χ4v) is 4.87. The topological polar surface area (TPSA) is 62.1 Å². The minimum Gasteiger partial charge on any atom is -0.493 e. The summed E-state index contributed by atoms with van der Waals surface area (Å²) in [6, 6.07) is 11.8. The van der Waals surface area contributed by atoms with Gasteiger partial charge in [-0.2, -0.15) is 0 Å². The molecule has 0 bridgehead atoms. The van der Waals surface area contributed by atoms with Crippen LogP contribution in [-0.4, -0.2) is 33.5 Å². The highest BCUT2D eigenvalue weighted by molar-refractivity contribution is 7.98. The molecule has 0 fully saturated rings. The van der Waals surface area contributed by atoms with Gasteiger partial charge in [0.2, 0.25) is 0 Å². The molecule has 0 amide bonds. The molecule has 0 spiro atoms. The van der Waals surface area contributed by atoms with E-state index in [4.69, 9.17) is 26.1 Å². The van der Waals surface area contributed by atoms with Crippen LogP contribution in [0.3, 0.4) is 0 Å². The predicted octanol–water partition coefficient (Wildman–Crippen LogP) is 6.05. The van der Waals surface area contributed by atoms with E-state index >= 15 is 0 Å². The van der Waals surface area contributed by atoms with Gasteiger partial charge in [0.05, 0.1) is 25.1 Å². The summed E-state index contributed by atoms with van der Waals surface area (Å²) in [5, 5.41) is 12.8. The molecule has 0 radical (unpaired) electrons. The fraction of sp³-hybridized carbons (Fsp3) is 0.227. The van der Waals surface area contributed by atoms with E-state index in [1.165, 1.54) is 0 Å². The Morgan fingerprint density at radius 2 is 2.03 bits per heavy atom. The molecule has 4 rings (SSSR count). The molecule has 0 atom stereocenters. The Morgan fingerprint density at radius 1 is 1.16 bits per heavy atom. The van der Waals surface area contributed by atoms with Gasteiger partial charge in [0.1, 0.15) is 11.3 Å². The molecule has 0 aliphatic rings. The Bertz CT molecular complexity index is 1190. The lowest BCUT2D eigenvalue weighted by Gasteiger charge is -2.10.